The molecule has 0 radical (unpaired) electrons. The van der Waals surface area contributed by atoms with E-state index in [1.807, 2.05) is 37.3 Å². The number of nitrogens with one attached hydrogen (secondary N) is 1. The standard InChI is InChI=1S/C15H16ClNO2/c1-10-3-5-12(7-14(10)16)17-9-11-4-6-13(19-2)8-15(11)18/h3-8,17-18H,9H2,1-2H3. The van der Waals surface area contributed by atoms with Crippen molar-refractivity contribution < 1.29 is 9.84 Å². The van der Waals surface area contributed by atoms with Crippen molar-refractivity contribution in [3.63, 3.8) is 0 Å². The molecule has 0 aliphatic rings. The van der Waals surface area contributed by atoms with E-state index in [1.165, 1.54) is 0 Å². The van der Waals surface area contributed by atoms with Gasteiger partial charge in [0, 0.05) is 28.9 Å². The molecule has 2 aromatic rings. The van der Waals surface area contributed by atoms with Crippen LogP contribution in [0.25, 0.3) is 0 Å². The molecule has 0 atom stereocenters. The number of hydrogen-bond acceptors (Lipinski definition) is 3. The number of hydrogen-bond donors (Lipinski definition) is 2. The predicted octanol–water partition coefficient (Wildman–Crippen LogP) is 3.97. The maximum absolute atomic E-state index is 9.85. The summed E-state index contributed by atoms with van der Waals surface area (Å²) in [5.41, 5.74) is 2.77. The molecular weight excluding hydrogens is 262 g/mol. The van der Waals surface area contributed by atoms with Crippen molar-refractivity contribution >= 4 is 17.3 Å². The minimum Gasteiger partial charge on any atom is -0.507 e. The van der Waals surface area contributed by atoms with E-state index in [9.17, 15) is 5.11 Å². The average Bonchev–Trinajstić information content (AvgIpc) is 2.41. The molecule has 0 bridgehead atoms. The van der Waals surface area contributed by atoms with Crippen LogP contribution in [0, 0.1) is 6.92 Å². The normalized spacial score (nSPS) is 10.3. The van der Waals surface area contributed by atoms with Crippen LogP contribution >= 0.6 is 11.6 Å². The summed E-state index contributed by atoms with van der Waals surface area (Å²) in [5.74, 6) is 0.852. The first-order valence-corrected chi connectivity index (χ1v) is 6.34. The number of aryl methyl sites for hydroxylation is 1. The summed E-state index contributed by atoms with van der Waals surface area (Å²) in [6.45, 7) is 2.48. The van der Waals surface area contributed by atoms with Crippen LogP contribution < -0.4 is 10.1 Å². The van der Waals surface area contributed by atoms with Crippen LogP contribution in [-0.2, 0) is 6.54 Å². The van der Waals surface area contributed by atoms with Gasteiger partial charge < -0.3 is 15.2 Å². The van der Waals surface area contributed by atoms with Gasteiger partial charge in [-0.15, -0.1) is 0 Å². The van der Waals surface area contributed by atoms with Crippen LogP contribution in [0.5, 0.6) is 11.5 Å². The molecule has 0 amide bonds. The Balaban J connectivity index is 2.07. The predicted molar refractivity (Wildman–Crippen MR) is 78.2 cm³/mol. The molecule has 0 aliphatic carbocycles. The Morgan fingerprint density at radius 2 is 2.00 bits per heavy atom. The molecule has 2 rings (SSSR count). The first-order valence-electron chi connectivity index (χ1n) is 5.96. The highest BCUT2D eigenvalue weighted by atomic mass is 35.5. The summed E-state index contributed by atoms with van der Waals surface area (Å²) in [7, 11) is 1.57. The van der Waals surface area contributed by atoms with Crippen LogP contribution in [0.3, 0.4) is 0 Å². The van der Waals surface area contributed by atoms with Gasteiger partial charge in [0.2, 0.25) is 0 Å². The number of halogens is 1. The lowest BCUT2D eigenvalue weighted by Gasteiger charge is -2.10. The lowest BCUT2D eigenvalue weighted by Crippen LogP contribution is -2.00. The maximum atomic E-state index is 9.85. The summed E-state index contributed by atoms with van der Waals surface area (Å²) >= 11 is 6.06. The van der Waals surface area contributed by atoms with Crippen molar-refractivity contribution in [1.82, 2.24) is 0 Å². The molecule has 19 heavy (non-hydrogen) atoms. The van der Waals surface area contributed by atoms with Crippen molar-refractivity contribution in [2.24, 2.45) is 0 Å². The van der Waals surface area contributed by atoms with Crippen LogP contribution in [-0.4, -0.2) is 12.2 Å². The molecule has 100 valence electrons. The van der Waals surface area contributed by atoms with Gasteiger partial charge in [-0.3, -0.25) is 0 Å². The van der Waals surface area contributed by atoms with E-state index >= 15 is 0 Å². The zero-order chi connectivity index (χ0) is 13.8. The molecule has 0 unspecified atom stereocenters. The molecule has 0 saturated heterocycles. The Bertz CT molecular complexity index is 584. The first kappa shape index (κ1) is 13.6. The summed E-state index contributed by atoms with van der Waals surface area (Å²) in [6.07, 6.45) is 0. The topological polar surface area (TPSA) is 41.5 Å². The van der Waals surface area contributed by atoms with Crippen LogP contribution in [0.15, 0.2) is 36.4 Å². The Morgan fingerprint density at radius 1 is 1.21 bits per heavy atom. The molecule has 3 nitrogen and oxygen atoms in total. The number of phenolic OH excluding ortho intramolecular Hbond substituents is 1. The number of phenols is 1. The van der Waals surface area contributed by atoms with Crippen molar-refractivity contribution in [2.45, 2.75) is 13.5 Å². The number of methoxy groups -OCH3 is 1. The summed E-state index contributed by atoms with van der Waals surface area (Å²) in [6, 6.07) is 11.0. The number of rotatable bonds is 4. The summed E-state index contributed by atoms with van der Waals surface area (Å²) in [4.78, 5) is 0. The second kappa shape index (κ2) is 5.85. The van der Waals surface area contributed by atoms with E-state index in [1.54, 1.807) is 13.2 Å². The molecule has 4 heteroatoms. The zero-order valence-electron chi connectivity index (χ0n) is 10.9. The summed E-state index contributed by atoms with van der Waals surface area (Å²) in [5, 5.41) is 13.8. The van der Waals surface area contributed by atoms with Gasteiger partial charge in [0.15, 0.2) is 0 Å². The third-order valence-electron chi connectivity index (χ3n) is 2.95. The lowest BCUT2D eigenvalue weighted by atomic mass is 10.1. The fourth-order valence-electron chi connectivity index (χ4n) is 1.72. The van der Waals surface area contributed by atoms with Gasteiger partial charge in [0.05, 0.1) is 7.11 Å². The molecular formula is C15H16ClNO2. The second-order valence-electron chi connectivity index (χ2n) is 4.31. The van der Waals surface area contributed by atoms with Crippen LogP contribution in [0.2, 0.25) is 5.02 Å². The Kier molecular flexibility index (Phi) is 4.17. The Labute approximate surface area is 117 Å². The van der Waals surface area contributed by atoms with Gasteiger partial charge in [-0.25, -0.2) is 0 Å². The third kappa shape index (κ3) is 3.32. The number of benzene rings is 2. The van der Waals surface area contributed by atoms with Gasteiger partial charge in [-0.2, -0.15) is 0 Å². The number of ether oxygens (including phenoxy) is 1. The monoisotopic (exact) mass is 277 g/mol. The minimum atomic E-state index is 0.213. The molecule has 0 fully saturated rings. The van der Waals surface area contributed by atoms with Crippen molar-refractivity contribution in [1.29, 1.82) is 0 Å². The molecule has 0 aliphatic heterocycles. The number of anilines is 1. The molecule has 2 N–H and O–H groups in total. The van der Waals surface area contributed by atoms with E-state index in [0.717, 1.165) is 21.8 Å². The summed E-state index contributed by atoms with van der Waals surface area (Å²) < 4.78 is 5.04. The second-order valence-corrected chi connectivity index (χ2v) is 4.72. The van der Waals surface area contributed by atoms with Gasteiger partial charge in [0.1, 0.15) is 11.5 Å². The third-order valence-corrected chi connectivity index (χ3v) is 3.35. The number of aromatic hydroxyl groups is 1. The minimum absolute atomic E-state index is 0.213. The van der Waals surface area contributed by atoms with Gasteiger partial charge >= 0.3 is 0 Å². The van der Waals surface area contributed by atoms with Crippen LogP contribution in [0.1, 0.15) is 11.1 Å². The van der Waals surface area contributed by atoms with Crippen LogP contribution in [0.4, 0.5) is 5.69 Å². The average molecular weight is 278 g/mol. The van der Waals surface area contributed by atoms with E-state index in [0.29, 0.717) is 12.3 Å². The van der Waals surface area contributed by atoms with E-state index in [2.05, 4.69) is 5.32 Å². The molecule has 0 heterocycles. The highest BCUT2D eigenvalue weighted by Gasteiger charge is 2.03. The highest BCUT2D eigenvalue weighted by molar-refractivity contribution is 6.31. The van der Waals surface area contributed by atoms with Crippen molar-refractivity contribution in [3.8, 4) is 11.5 Å². The molecule has 0 aromatic heterocycles. The molecule has 0 saturated carbocycles. The van der Waals surface area contributed by atoms with Gasteiger partial charge in [0.25, 0.3) is 0 Å². The van der Waals surface area contributed by atoms with Gasteiger partial charge in [-0.1, -0.05) is 17.7 Å². The Hall–Kier alpha value is -1.87. The first-order chi connectivity index (χ1) is 9.10. The zero-order valence-corrected chi connectivity index (χ0v) is 11.7. The highest BCUT2D eigenvalue weighted by Crippen LogP contribution is 2.25. The molecule has 2 aromatic carbocycles. The van der Waals surface area contributed by atoms with Crippen molar-refractivity contribution in [3.05, 3.63) is 52.5 Å². The van der Waals surface area contributed by atoms with E-state index in [-0.39, 0.29) is 5.75 Å². The van der Waals surface area contributed by atoms with Crippen molar-refractivity contribution in [2.75, 3.05) is 12.4 Å². The fourth-order valence-corrected chi connectivity index (χ4v) is 1.90. The Morgan fingerprint density at radius 3 is 2.63 bits per heavy atom. The lowest BCUT2D eigenvalue weighted by molar-refractivity contribution is 0.406. The SMILES string of the molecule is COc1ccc(CNc2ccc(C)c(Cl)c2)c(O)c1. The largest absolute Gasteiger partial charge is 0.507 e. The molecule has 0 spiro atoms. The fraction of sp³-hybridized carbons (Fsp3) is 0.200. The van der Waals surface area contributed by atoms with E-state index < -0.39 is 0 Å². The quantitative estimate of drug-likeness (QED) is 0.888. The van der Waals surface area contributed by atoms with Gasteiger partial charge in [-0.05, 0) is 36.8 Å². The smallest absolute Gasteiger partial charge is 0.124 e. The van der Waals surface area contributed by atoms with E-state index in [4.69, 9.17) is 16.3 Å². The maximum Gasteiger partial charge on any atom is 0.124 e.